The van der Waals surface area contributed by atoms with Crippen LogP contribution in [-0.4, -0.2) is 53.6 Å². The molecule has 2 unspecified atom stereocenters. The van der Waals surface area contributed by atoms with Crippen LogP contribution in [0.4, 0.5) is 5.82 Å². The van der Waals surface area contributed by atoms with Crippen LogP contribution in [0.15, 0.2) is 11.6 Å². The van der Waals surface area contributed by atoms with Crippen molar-refractivity contribution in [3.8, 4) is 0 Å². The smallest absolute Gasteiger partial charge is 0.195 e. The number of hydrogen-bond acceptors (Lipinski definition) is 5. The topological polar surface area (TPSA) is 49.8 Å². The molecule has 21 heavy (non-hydrogen) atoms. The second-order valence-electron chi connectivity index (χ2n) is 6.29. The molecule has 0 spiro atoms. The standard InChI is InChI=1S/C15H25N5S/c1-11(16)9-13-14(17-15-20(13)7-8-21-15)19(3)12-5-4-6-18(2)10-12/h7-8,11-12H,4-6,9-10,16H2,1-3H3. The molecule has 2 N–H and O–H groups in total. The van der Waals surface area contributed by atoms with Gasteiger partial charge in [0.1, 0.15) is 0 Å². The summed E-state index contributed by atoms with van der Waals surface area (Å²) >= 11 is 1.69. The Labute approximate surface area is 130 Å². The van der Waals surface area contributed by atoms with Crippen molar-refractivity contribution in [2.24, 2.45) is 5.73 Å². The highest BCUT2D eigenvalue weighted by Crippen LogP contribution is 2.28. The molecule has 0 aliphatic carbocycles. The summed E-state index contributed by atoms with van der Waals surface area (Å²) in [4.78, 5) is 10.7. The van der Waals surface area contributed by atoms with Gasteiger partial charge in [-0.3, -0.25) is 4.40 Å². The molecule has 3 heterocycles. The monoisotopic (exact) mass is 307 g/mol. The molecular weight excluding hydrogens is 282 g/mol. The Kier molecular flexibility index (Phi) is 4.19. The molecule has 5 nitrogen and oxygen atoms in total. The normalized spacial score (nSPS) is 21.8. The predicted octanol–water partition coefficient (Wildman–Crippen LogP) is 1.82. The molecule has 2 aromatic rings. The highest BCUT2D eigenvalue weighted by atomic mass is 32.1. The Morgan fingerprint density at radius 3 is 3.10 bits per heavy atom. The lowest BCUT2D eigenvalue weighted by molar-refractivity contribution is 0.247. The fraction of sp³-hybridized carbons (Fsp3) is 0.667. The van der Waals surface area contributed by atoms with Crippen molar-refractivity contribution in [1.82, 2.24) is 14.3 Å². The van der Waals surface area contributed by atoms with Crippen LogP contribution < -0.4 is 10.6 Å². The van der Waals surface area contributed by atoms with Gasteiger partial charge in [0.25, 0.3) is 0 Å². The van der Waals surface area contributed by atoms with Gasteiger partial charge in [0.15, 0.2) is 10.8 Å². The van der Waals surface area contributed by atoms with Gasteiger partial charge in [-0.25, -0.2) is 4.98 Å². The summed E-state index contributed by atoms with van der Waals surface area (Å²) in [5.41, 5.74) is 7.30. The molecule has 0 saturated carbocycles. The first-order chi connectivity index (χ1) is 10.1. The summed E-state index contributed by atoms with van der Waals surface area (Å²) in [7, 11) is 4.38. The van der Waals surface area contributed by atoms with E-state index in [1.54, 1.807) is 11.3 Å². The van der Waals surface area contributed by atoms with E-state index in [1.807, 2.05) is 0 Å². The van der Waals surface area contributed by atoms with E-state index in [0.717, 1.165) is 23.7 Å². The van der Waals surface area contributed by atoms with E-state index in [1.165, 1.54) is 25.1 Å². The van der Waals surface area contributed by atoms with Crippen LogP contribution in [0.1, 0.15) is 25.5 Å². The van der Waals surface area contributed by atoms with Gasteiger partial charge in [-0.15, -0.1) is 11.3 Å². The largest absolute Gasteiger partial charge is 0.354 e. The Hall–Kier alpha value is -1.11. The van der Waals surface area contributed by atoms with E-state index < -0.39 is 0 Å². The summed E-state index contributed by atoms with van der Waals surface area (Å²) in [5.74, 6) is 1.11. The highest BCUT2D eigenvalue weighted by Gasteiger charge is 2.26. The lowest BCUT2D eigenvalue weighted by Gasteiger charge is -2.36. The molecule has 3 rings (SSSR count). The van der Waals surface area contributed by atoms with Crippen molar-refractivity contribution in [3.63, 3.8) is 0 Å². The predicted molar refractivity (Wildman–Crippen MR) is 89.3 cm³/mol. The van der Waals surface area contributed by atoms with E-state index in [9.17, 15) is 0 Å². The van der Waals surface area contributed by atoms with Crippen molar-refractivity contribution >= 4 is 22.1 Å². The number of anilines is 1. The van der Waals surface area contributed by atoms with Crippen LogP contribution in [0.2, 0.25) is 0 Å². The van der Waals surface area contributed by atoms with E-state index in [0.29, 0.717) is 6.04 Å². The van der Waals surface area contributed by atoms with Crippen molar-refractivity contribution in [2.75, 3.05) is 32.1 Å². The quantitative estimate of drug-likeness (QED) is 0.936. The summed E-state index contributed by atoms with van der Waals surface area (Å²) in [5, 5.41) is 2.09. The molecule has 2 atom stereocenters. The maximum Gasteiger partial charge on any atom is 0.195 e. The molecule has 116 valence electrons. The molecule has 2 aromatic heterocycles. The number of nitrogens with zero attached hydrogens (tertiary/aromatic N) is 4. The van der Waals surface area contributed by atoms with Gasteiger partial charge in [-0.1, -0.05) is 0 Å². The first-order valence-corrected chi connectivity index (χ1v) is 8.55. The number of rotatable bonds is 4. The van der Waals surface area contributed by atoms with Gasteiger partial charge in [-0.2, -0.15) is 0 Å². The van der Waals surface area contributed by atoms with Crippen LogP contribution in [-0.2, 0) is 6.42 Å². The Balaban J connectivity index is 1.92. The van der Waals surface area contributed by atoms with Gasteiger partial charge in [0, 0.05) is 43.7 Å². The summed E-state index contributed by atoms with van der Waals surface area (Å²) in [6, 6.07) is 0.686. The number of likely N-dealkylation sites (tertiary alicyclic amines) is 1. The molecule has 0 bridgehead atoms. The summed E-state index contributed by atoms with van der Waals surface area (Å²) in [6.45, 7) is 4.37. The first kappa shape index (κ1) is 14.8. The van der Waals surface area contributed by atoms with Crippen molar-refractivity contribution < 1.29 is 0 Å². The molecular formula is C15H25N5S. The fourth-order valence-electron chi connectivity index (χ4n) is 3.23. The Morgan fingerprint density at radius 1 is 1.57 bits per heavy atom. The molecule has 1 fully saturated rings. The zero-order valence-electron chi connectivity index (χ0n) is 13.1. The zero-order valence-corrected chi connectivity index (χ0v) is 13.9. The first-order valence-electron chi connectivity index (χ1n) is 7.67. The lowest BCUT2D eigenvalue weighted by atomic mass is 10.0. The van der Waals surface area contributed by atoms with Gasteiger partial charge in [0.05, 0.1) is 5.69 Å². The minimum atomic E-state index is 0.144. The third-order valence-corrected chi connectivity index (χ3v) is 5.09. The summed E-state index contributed by atoms with van der Waals surface area (Å²) < 4.78 is 2.20. The number of hydrogen-bond donors (Lipinski definition) is 1. The van der Waals surface area contributed by atoms with E-state index >= 15 is 0 Å². The third-order valence-electron chi connectivity index (χ3n) is 4.34. The van der Waals surface area contributed by atoms with Crippen LogP contribution >= 0.6 is 11.3 Å². The second kappa shape index (κ2) is 5.94. The summed E-state index contributed by atoms with van der Waals surface area (Å²) in [6.07, 6.45) is 5.47. The lowest BCUT2D eigenvalue weighted by Crippen LogP contribution is -2.45. The Bertz CT molecular complexity index is 602. The third kappa shape index (κ3) is 2.93. The SMILES string of the molecule is CC(N)Cc1c(N(C)C2CCCN(C)C2)nc2sccn12. The number of imidazole rings is 1. The molecule has 1 saturated heterocycles. The Morgan fingerprint density at radius 2 is 2.38 bits per heavy atom. The van der Waals surface area contributed by atoms with E-state index in [4.69, 9.17) is 10.7 Å². The van der Waals surface area contributed by atoms with E-state index in [-0.39, 0.29) is 6.04 Å². The van der Waals surface area contributed by atoms with Crippen LogP contribution in [0.3, 0.4) is 0 Å². The number of piperidine rings is 1. The molecule has 1 aliphatic heterocycles. The van der Waals surface area contributed by atoms with Crippen LogP contribution in [0.25, 0.3) is 4.96 Å². The number of likely N-dealkylation sites (N-methyl/N-ethyl adjacent to an activating group) is 2. The average Bonchev–Trinajstić information content (AvgIpc) is 3.00. The minimum absolute atomic E-state index is 0.144. The minimum Gasteiger partial charge on any atom is -0.354 e. The second-order valence-corrected chi connectivity index (χ2v) is 7.16. The van der Waals surface area contributed by atoms with Gasteiger partial charge >= 0.3 is 0 Å². The number of aromatic nitrogens is 2. The zero-order chi connectivity index (χ0) is 15.0. The van der Waals surface area contributed by atoms with Crippen LogP contribution in [0.5, 0.6) is 0 Å². The maximum atomic E-state index is 6.05. The van der Waals surface area contributed by atoms with Crippen LogP contribution in [0, 0.1) is 0 Å². The molecule has 0 radical (unpaired) electrons. The molecule has 0 amide bonds. The molecule has 0 aromatic carbocycles. The van der Waals surface area contributed by atoms with E-state index in [2.05, 4.69) is 46.8 Å². The highest BCUT2D eigenvalue weighted by molar-refractivity contribution is 7.15. The van der Waals surface area contributed by atoms with Gasteiger partial charge < -0.3 is 15.5 Å². The number of thiazole rings is 1. The van der Waals surface area contributed by atoms with Crippen molar-refractivity contribution in [3.05, 3.63) is 17.3 Å². The fourth-order valence-corrected chi connectivity index (χ4v) is 3.95. The molecule has 1 aliphatic rings. The van der Waals surface area contributed by atoms with Gasteiger partial charge in [-0.05, 0) is 33.4 Å². The number of fused-ring (bicyclic) bond motifs is 1. The average molecular weight is 307 g/mol. The maximum absolute atomic E-state index is 6.05. The van der Waals surface area contributed by atoms with Gasteiger partial charge in [0.2, 0.25) is 0 Å². The van der Waals surface area contributed by atoms with Crippen molar-refractivity contribution in [1.29, 1.82) is 0 Å². The number of nitrogens with two attached hydrogens (primary N) is 1. The molecule has 6 heteroatoms. The van der Waals surface area contributed by atoms with Crippen molar-refractivity contribution in [2.45, 2.75) is 38.3 Å².